The van der Waals surface area contributed by atoms with Crippen LogP contribution in [-0.2, 0) is 13.0 Å². The first kappa shape index (κ1) is 11.0. The van der Waals surface area contributed by atoms with Crippen molar-refractivity contribution in [2.75, 3.05) is 5.84 Å². The van der Waals surface area contributed by atoms with Gasteiger partial charge in [-0.25, -0.2) is 4.57 Å². The molecule has 3 nitrogen and oxygen atoms in total. The molecule has 1 heterocycles. The lowest BCUT2D eigenvalue weighted by Crippen LogP contribution is -2.38. The fourth-order valence-corrected chi connectivity index (χ4v) is 1.91. The third-order valence-electron chi connectivity index (χ3n) is 2.62. The summed E-state index contributed by atoms with van der Waals surface area (Å²) in [7, 11) is 0. The Hall–Kier alpha value is -1.48. The Morgan fingerprint density at radius 1 is 1.31 bits per heavy atom. The van der Waals surface area contributed by atoms with Crippen molar-refractivity contribution in [2.45, 2.75) is 19.9 Å². The predicted molar refractivity (Wildman–Crippen MR) is 64.7 cm³/mol. The van der Waals surface area contributed by atoms with E-state index in [2.05, 4.69) is 11.5 Å². The van der Waals surface area contributed by atoms with Gasteiger partial charge >= 0.3 is 0 Å². The molecule has 0 bridgehead atoms. The van der Waals surface area contributed by atoms with E-state index in [9.17, 15) is 0 Å². The molecule has 1 aromatic carbocycles. The van der Waals surface area contributed by atoms with E-state index in [1.165, 1.54) is 5.56 Å². The van der Waals surface area contributed by atoms with Crippen LogP contribution < -0.4 is 10.4 Å². The topological polar surface area (TPSA) is 34.8 Å². The van der Waals surface area contributed by atoms with Gasteiger partial charge in [-0.15, -0.1) is 4.68 Å². The zero-order valence-electron chi connectivity index (χ0n) is 9.23. The number of benzene rings is 1. The second-order valence-corrected chi connectivity index (χ2v) is 4.17. The Kier molecular flexibility index (Phi) is 3.15. The Balaban J connectivity index is 2.23. The summed E-state index contributed by atoms with van der Waals surface area (Å²) < 4.78 is 3.80. The van der Waals surface area contributed by atoms with Gasteiger partial charge < -0.3 is 0 Å². The van der Waals surface area contributed by atoms with Crippen molar-refractivity contribution >= 4 is 11.6 Å². The van der Waals surface area contributed by atoms with Crippen LogP contribution in [-0.4, -0.2) is 4.68 Å². The molecule has 0 aliphatic heterocycles. The van der Waals surface area contributed by atoms with Crippen LogP contribution in [0.5, 0.6) is 0 Å². The fraction of sp³-hybridized carbons (Fsp3) is 0.250. The number of hydrogen-bond donors (Lipinski definition) is 1. The molecule has 0 fully saturated rings. The first-order valence-electron chi connectivity index (χ1n) is 5.30. The van der Waals surface area contributed by atoms with Crippen LogP contribution in [0.1, 0.15) is 18.3 Å². The maximum atomic E-state index is 5.85. The van der Waals surface area contributed by atoms with Gasteiger partial charge in [0.1, 0.15) is 12.7 Å². The van der Waals surface area contributed by atoms with E-state index in [1.807, 2.05) is 36.7 Å². The van der Waals surface area contributed by atoms with E-state index in [1.54, 1.807) is 4.68 Å². The van der Waals surface area contributed by atoms with E-state index in [0.29, 0.717) is 0 Å². The zero-order valence-corrected chi connectivity index (χ0v) is 9.98. The molecule has 0 atom stereocenters. The van der Waals surface area contributed by atoms with Crippen molar-refractivity contribution in [3.63, 3.8) is 0 Å². The van der Waals surface area contributed by atoms with Crippen molar-refractivity contribution in [1.29, 1.82) is 0 Å². The number of rotatable bonds is 3. The highest BCUT2D eigenvalue weighted by molar-refractivity contribution is 6.30. The highest BCUT2D eigenvalue weighted by Gasteiger charge is 2.12. The zero-order chi connectivity index (χ0) is 11.5. The third-order valence-corrected chi connectivity index (χ3v) is 2.87. The molecule has 2 N–H and O–H groups in total. The average Bonchev–Trinajstić information content (AvgIpc) is 2.63. The minimum atomic E-state index is 0.765. The van der Waals surface area contributed by atoms with Gasteiger partial charge in [-0.3, -0.25) is 5.84 Å². The summed E-state index contributed by atoms with van der Waals surface area (Å²) in [6, 6.07) is 7.87. The molecule has 0 unspecified atom stereocenters. The van der Waals surface area contributed by atoms with Crippen LogP contribution in [0.3, 0.4) is 0 Å². The van der Waals surface area contributed by atoms with Gasteiger partial charge in [0.2, 0.25) is 0 Å². The molecule has 16 heavy (non-hydrogen) atoms. The molecule has 2 aromatic rings. The normalized spacial score (nSPS) is 10.6. The maximum Gasteiger partial charge on any atom is 0.279 e. The third kappa shape index (κ3) is 2.19. The number of aromatic nitrogens is 2. The molecule has 0 amide bonds. The molecule has 2 rings (SSSR count). The van der Waals surface area contributed by atoms with Crippen LogP contribution in [0.4, 0.5) is 0 Å². The molecule has 0 radical (unpaired) electrons. The van der Waals surface area contributed by atoms with Gasteiger partial charge in [0.05, 0.1) is 0 Å². The van der Waals surface area contributed by atoms with Crippen molar-refractivity contribution in [1.82, 2.24) is 4.68 Å². The van der Waals surface area contributed by atoms with Gasteiger partial charge in [0.25, 0.3) is 5.82 Å². The quantitative estimate of drug-likeness (QED) is 0.640. The minimum absolute atomic E-state index is 0.765. The Morgan fingerprint density at radius 2 is 2.00 bits per heavy atom. The van der Waals surface area contributed by atoms with E-state index in [-0.39, 0.29) is 0 Å². The molecule has 0 spiro atoms. The largest absolute Gasteiger partial charge is 0.279 e. The smallest absolute Gasteiger partial charge is 0.269 e. The van der Waals surface area contributed by atoms with E-state index >= 15 is 0 Å². The lowest BCUT2D eigenvalue weighted by Gasteiger charge is -2.01. The highest BCUT2D eigenvalue weighted by Crippen LogP contribution is 2.09. The first-order chi connectivity index (χ1) is 7.70. The number of nitrogen functional groups attached to an aromatic ring is 1. The standard InChI is InChI=1S/C12H15ClN3/c1-2-12-15(7-8-16(12)14)9-10-3-5-11(13)6-4-10/h3-8H,2,9,14H2,1H3/q+1. The van der Waals surface area contributed by atoms with Gasteiger partial charge in [-0.05, 0) is 17.7 Å². The van der Waals surface area contributed by atoms with Crippen LogP contribution in [0.2, 0.25) is 5.02 Å². The maximum absolute atomic E-state index is 5.85. The summed E-state index contributed by atoms with van der Waals surface area (Å²) in [5.74, 6) is 6.91. The number of imidazole rings is 1. The molecule has 0 aliphatic rings. The molecule has 0 aliphatic carbocycles. The number of nitrogens with two attached hydrogens (primary N) is 1. The lowest BCUT2D eigenvalue weighted by atomic mass is 10.2. The van der Waals surface area contributed by atoms with Crippen LogP contribution in [0.25, 0.3) is 0 Å². The molecular formula is C12H15ClN3+. The highest BCUT2D eigenvalue weighted by atomic mass is 35.5. The summed E-state index contributed by atoms with van der Waals surface area (Å²) in [4.78, 5) is 0. The molecule has 0 saturated heterocycles. The molecule has 0 saturated carbocycles. The monoisotopic (exact) mass is 236 g/mol. The predicted octanol–water partition coefficient (Wildman–Crippen LogP) is 1.75. The Labute approximate surface area is 100 Å². The number of hydrogen-bond acceptors (Lipinski definition) is 1. The summed E-state index contributed by atoms with van der Waals surface area (Å²) >= 11 is 5.85. The van der Waals surface area contributed by atoms with Crippen LogP contribution in [0, 0.1) is 0 Å². The van der Waals surface area contributed by atoms with Crippen LogP contribution >= 0.6 is 11.6 Å². The van der Waals surface area contributed by atoms with E-state index in [4.69, 9.17) is 17.4 Å². The number of nitrogens with zero attached hydrogens (tertiary/aromatic N) is 2. The molecular weight excluding hydrogens is 222 g/mol. The van der Waals surface area contributed by atoms with Gasteiger partial charge in [0.15, 0.2) is 6.20 Å². The fourth-order valence-electron chi connectivity index (χ4n) is 1.79. The van der Waals surface area contributed by atoms with Crippen LogP contribution in [0.15, 0.2) is 36.7 Å². The average molecular weight is 237 g/mol. The van der Waals surface area contributed by atoms with Gasteiger partial charge in [-0.1, -0.05) is 30.7 Å². The molecule has 84 valence electrons. The lowest BCUT2D eigenvalue weighted by molar-refractivity contribution is -0.695. The summed E-state index contributed by atoms with van der Waals surface area (Å²) in [6.07, 6.45) is 4.78. The second kappa shape index (κ2) is 4.58. The molecule has 4 heteroatoms. The Bertz CT molecular complexity index is 474. The SMILES string of the molecule is CCc1n(N)cc[n+]1Cc1ccc(Cl)cc1. The van der Waals surface area contributed by atoms with Crippen molar-refractivity contribution in [3.8, 4) is 0 Å². The van der Waals surface area contributed by atoms with Gasteiger partial charge in [-0.2, -0.15) is 0 Å². The minimum Gasteiger partial charge on any atom is -0.269 e. The van der Waals surface area contributed by atoms with E-state index in [0.717, 1.165) is 23.8 Å². The second-order valence-electron chi connectivity index (χ2n) is 3.73. The first-order valence-corrected chi connectivity index (χ1v) is 5.67. The summed E-state index contributed by atoms with van der Waals surface area (Å²) in [6.45, 7) is 2.92. The molecule has 1 aromatic heterocycles. The summed E-state index contributed by atoms with van der Waals surface area (Å²) in [5, 5.41) is 0.765. The Morgan fingerprint density at radius 3 is 2.62 bits per heavy atom. The van der Waals surface area contributed by atoms with Crippen molar-refractivity contribution < 1.29 is 4.57 Å². The van der Waals surface area contributed by atoms with Crippen molar-refractivity contribution in [3.05, 3.63) is 53.1 Å². The van der Waals surface area contributed by atoms with Crippen molar-refractivity contribution in [2.24, 2.45) is 0 Å². The van der Waals surface area contributed by atoms with E-state index < -0.39 is 0 Å². The number of halogens is 1. The summed E-state index contributed by atoms with van der Waals surface area (Å²) in [5.41, 5.74) is 1.22. The van der Waals surface area contributed by atoms with Gasteiger partial charge in [0, 0.05) is 11.4 Å².